The van der Waals surface area contributed by atoms with Gasteiger partial charge in [0.25, 0.3) is 11.6 Å². The maximum absolute atomic E-state index is 12.4. The van der Waals surface area contributed by atoms with Crippen LogP contribution in [0.4, 0.5) is 5.69 Å². The number of thiocarbonyl (C=S) groups is 1. The van der Waals surface area contributed by atoms with Crippen molar-refractivity contribution in [3.63, 3.8) is 0 Å². The van der Waals surface area contributed by atoms with Gasteiger partial charge in [-0.3, -0.25) is 19.8 Å². The van der Waals surface area contributed by atoms with E-state index in [1.807, 2.05) is 31.2 Å². The van der Waals surface area contributed by atoms with E-state index in [1.54, 1.807) is 24.3 Å². The van der Waals surface area contributed by atoms with E-state index in [1.165, 1.54) is 34.5 Å². The molecule has 2 aromatic rings. The maximum atomic E-state index is 12.4. The van der Waals surface area contributed by atoms with Gasteiger partial charge in [0.15, 0.2) is 0 Å². The molecule has 8 heteroatoms. The summed E-state index contributed by atoms with van der Waals surface area (Å²) in [6.45, 7) is 5.95. The number of thioether (sulfide) groups is 1. The molecule has 0 spiro atoms. The molecule has 0 aromatic heterocycles. The van der Waals surface area contributed by atoms with E-state index in [4.69, 9.17) is 12.2 Å². The summed E-state index contributed by atoms with van der Waals surface area (Å²) in [6.07, 6.45) is 3.24. The average Bonchev–Trinajstić information content (AvgIpc) is 2.92. The molecule has 142 valence electrons. The van der Waals surface area contributed by atoms with Crippen molar-refractivity contribution in [1.82, 2.24) is 4.90 Å². The third-order valence-corrected chi connectivity index (χ3v) is 6.36. The van der Waals surface area contributed by atoms with Crippen LogP contribution in [0.3, 0.4) is 0 Å². The SMILES string of the molecule is C=CCN1C(=O)C(=Cc2ccc(Sc3ccc(C)cc3)c([N+](=O)[O-])c2)SC1=S. The number of amides is 1. The number of hydrogen-bond acceptors (Lipinski definition) is 6. The number of aryl methyl sites for hydroxylation is 1. The molecule has 5 nitrogen and oxygen atoms in total. The number of carbonyl (C=O) groups is 1. The molecule has 0 aliphatic carbocycles. The predicted molar refractivity (Wildman–Crippen MR) is 118 cm³/mol. The summed E-state index contributed by atoms with van der Waals surface area (Å²) in [7, 11) is 0. The standard InChI is InChI=1S/C20H16N2O3S3/c1-3-10-21-19(23)18(28-20(21)26)12-14-6-9-17(16(11-14)22(24)25)27-15-7-4-13(2)5-8-15/h3-9,11-12H,1,10H2,2H3. The highest BCUT2D eigenvalue weighted by atomic mass is 32.2. The lowest BCUT2D eigenvalue weighted by molar-refractivity contribution is -0.387. The van der Waals surface area contributed by atoms with E-state index in [2.05, 4.69) is 6.58 Å². The van der Waals surface area contributed by atoms with Gasteiger partial charge in [0.2, 0.25) is 0 Å². The first-order chi connectivity index (χ1) is 13.4. The predicted octanol–water partition coefficient (Wildman–Crippen LogP) is 5.44. The molecule has 0 saturated carbocycles. The molecule has 2 aromatic carbocycles. The lowest BCUT2D eigenvalue weighted by Gasteiger charge is -2.10. The van der Waals surface area contributed by atoms with Crippen molar-refractivity contribution in [2.75, 3.05) is 6.54 Å². The van der Waals surface area contributed by atoms with Gasteiger partial charge >= 0.3 is 0 Å². The van der Waals surface area contributed by atoms with Crippen LogP contribution in [0.15, 0.2) is 69.8 Å². The van der Waals surface area contributed by atoms with Crippen LogP contribution in [-0.4, -0.2) is 26.6 Å². The highest BCUT2D eigenvalue weighted by Crippen LogP contribution is 2.37. The van der Waals surface area contributed by atoms with Crippen LogP contribution in [0.25, 0.3) is 6.08 Å². The largest absolute Gasteiger partial charge is 0.289 e. The Kier molecular flexibility index (Phi) is 6.33. The zero-order chi connectivity index (χ0) is 20.3. The van der Waals surface area contributed by atoms with Crippen LogP contribution >= 0.6 is 35.7 Å². The Morgan fingerprint density at radius 2 is 2.00 bits per heavy atom. The number of nitrogens with zero attached hydrogens (tertiary/aromatic N) is 2. The van der Waals surface area contributed by atoms with Gasteiger partial charge in [0, 0.05) is 17.5 Å². The Balaban J connectivity index is 1.90. The number of benzene rings is 2. The minimum Gasteiger partial charge on any atom is -0.289 e. The van der Waals surface area contributed by atoms with Gasteiger partial charge < -0.3 is 0 Å². The fourth-order valence-corrected chi connectivity index (χ4v) is 4.70. The summed E-state index contributed by atoms with van der Waals surface area (Å²) < 4.78 is 0.456. The average molecular weight is 429 g/mol. The zero-order valence-electron chi connectivity index (χ0n) is 15.0. The molecule has 1 amide bonds. The van der Waals surface area contributed by atoms with E-state index < -0.39 is 4.92 Å². The van der Waals surface area contributed by atoms with Gasteiger partial charge in [0.1, 0.15) is 4.32 Å². The van der Waals surface area contributed by atoms with Crippen LogP contribution in [0.1, 0.15) is 11.1 Å². The molecule has 0 unspecified atom stereocenters. The van der Waals surface area contributed by atoms with Crippen molar-refractivity contribution in [3.8, 4) is 0 Å². The molecular weight excluding hydrogens is 412 g/mol. The maximum Gasteiger partial charge on any atom is 0.283 e. The monoisotopic (exact) mass is 428 g/mol. The summed E-state index contributed by atoms with van der Waals surface area (Å²) in [6, 6.07) is 12.8. The molecule has 0 atom stereocenters. The topological polar surface area (TPSA) is 63.5 Å². The third-order valence-electron chi connectivity index (χ3n) is 3.91. The summed E-state index contributed by atoms with van der Waals surface area (Å²) >= 11 is 7.74. The number of rotatable bonds is 6. The van der Waals surface area contributed by atoms with Crippen molar-refractivity contribution in [2.45, 2.75) is 16.7 Å². The first-order valence-electron chi connectivity index (χ1n) is 8.28. The zero-order valence-corrected chi connectivity index (χ0v) is 17.4. The molecule has 1 fully saturated rings. The number of nitro groups is 1. The highest BCUT2D eigenvalue weighted by Gasteiger charge is 2.31. The first kappa shape index (κ1) is 20.3. The molecule has 1 aliphatic rings. The van der Waals surface area contributed by atoms with E-state index in [0.717, 1.165) is 10.5 Å². The second kappa shape index (κ2) is 8.72. The van der Waals surface area contributed by atoms with Crippen molar-refractivity contribution in [3.05, 3.63) is 81.3 Å². The number of nitro benzene ring substituents is 1. The molecule has 1 saturated heterocycles. The van der Waals surface area contributed by atoms with E-state index in [-0.39, 0.29) is 11.6 Å². The lowest BCUT2D eigenvalue weighted by atomic mass is 10.2. The molecule has 3 rings (SSSR count). The fourth-order valence-electron chi connectivity index (χ4n) is 2.52. The second-order valence-corrected chi connectivity index (χ2v) is 8.77. The van der Waals surface area contributed by atoms with Crippen LogP contribution in [0.2, 0.25) is 0 Å². The molecule has 1 aliphatic heterocycles. The first-order valence-corrected chi connectivity index (χ1v) is 10.3. The van der Waals surface area contributed by atoms with Gasteiger partial charge in [-0.1, -0.05) is 65.6 Å². The van der Waals surface area contributed by atoms with Crippen LogP contribution < -0.4 is 0 Å². The van der Waals surface area contributed by atoms with Gasteiger partial charge in [-0.2, -0.15) is 0 Å². The van der Waals surface area contributed by atoms with Crippen molar-refractivity contribution in [1.29, 1.82) is 0 Å². The minimum absolute atomic E-state index is 0.000829. The Morgan fingerprint density at radius 3 is 2.64 bits per heavy atom. The van der Waals surface area contributed by atoms with Crippen LogP contribution in [0.5, 0.6) is 0 Å². The minimum atomic E-state index is -0.406. The van der Waals surface area contributed by atoms with Gasteiger partial charge in [-0.25, -0.2) is 0 Å². The van der Waals surface area contributed by atoms with Crippen molar-refractivity contribution >= 4 is 57.7 Å². The second-order valence-electron chi connectivity index (χ2n) is 5.98. The molecule has 28 heavy (non-hydrogen) atoms. The summed E-state index contributed by atoms with van der Waals surface area (Å²) in [5.41, 5.74) is 1.71. The Morgan fingerprint density at radius 1 is 1.29 bits per heavy atom. The summed E-state index contributed by atoms with van der Waals surface area (Å²) in [5, 5.41) is 11.6. The van der Waals surface area contributed by atoms with E-state index in [0.29, 0.717) is 26.2 Å². The normalized spacial score (nSPS) is 15.3. The third kappa shape index (κ3) is 4.52. The molecular formula is C20H16N2O3S3. The lowest BCUT2D eigenvalue weighted by Crippen LogP contribution is -2.27. The Labute approximate surface area is 176 Å². The molecule has 0 bridgehead atoms. The number of hydrogen-bond donors (Lipinski definition) is 0. The van der Waals surface area contributed by atoms with Crippen molar-refractivity contribution in [2.24, 2.45) is 0 Å². The quantitative estimate of drug-likeness (QED) is 0.201. The fraction of sp³-hybridized carbons (Fsp3) is 0.100. The van der Waals surface area contributed by atoms with Crippen molar-refractivity contribution < 1.29 is 9.72 Å². The van der Waals surface area contributed by atoms with E-state index in [9.17, 15) is 14.9 Å². The van der Waals surface area contributed by atoms with Gasteiger partial charge in [0.05, 0.1) is 14.7 Å². The number of carbonyl (C=O) groups excluding carboxylic acids is 1. The smallest absolute Gasteiger partial charge is 0.283 e. The Bertz CT molecular complexity index is 1000. The molecule has 0 N–H and O–H groups in total. The summed E-state index contributed by atoms with van der Waals surface area (Å²) in [4.78, 5) is 27.0. The van der Waals surface area contributed by atoms with Gasteiger partial charge in [-0.05, 0) is 36.8 Å². The Hall–Kier alpha value is -2.42. The van der Waals surface area contributed by atoms with Crippen LogP contribution in [0, 0.1) is 17.0 Å². The van der Waals surface area contributed by atoms with Gasteiger partial charge in [-0.15, -0.1) is 6.58 Å². The highest BCUT2D eigenvalue weighted by molar-refractivity contribution is 8.26. The molecule has 1 heterocycles. The van der Waals surface area contributed by atoms with E-state index >= 15 is 0 Å². The van der Waals surface area contributed by atoms with Crippen LogP contribution in [-0.2, 0) is 4.79 Å². The molecule has 0 radical (unpaired) electrons. The summed E-state index contributed by atoms with van der Waals surface area (Å²) in [5.74, 6) is -0.212.